The Bertz CT molecular complexity index is 1010. The molecule has 4 atom stereocenters. The smallest absolute Gasteiger partial charge is 0.168 e. The standard InChI is InChI=1S/C19H23N5O5/c1-3-28-12-7-5-4-6-11(12)23-16-14-17(21-9-20-16)24(10-22-14)18-19(2,27)15(26)13(8-25)29-18/h4-7,9-10,13,15,18,25-27H,3,8H2,1-2H3,(H,20,21,23)/t13-,15-,18-,19-/m1/s1. The Morgan fingerprint density at radius 3 is 2.79 bits per heavy atom. The number of hydrogen-bond acceptors (Lipinski definition) is 9. The normalized spacial score (nSPS) is 26.7. The van der Waals surface area contributed by atoms with E-state index in [4.69, 9.17) is 9.47 Å². The predicted molar refractivity (Wildman–Crippen MR) is 104 cm³/mol. The second-order valence-electron chi connectivity index (χ2n) is 6.98. The van der Waals surface area contributed by atoms with Gasteiger partial charge in [0.25, 0.3) is 0 Å². The molecule has 10 heteroatoms. The highest BCUT2D eigenvalue weighted by Crippen LogP contribution is 2.40. The molecule has 2 aromatic heterocycles. The predicted octanol–water partition coefficient (Wildman–Crippen LogP) is 0.970. The number of rotatable bonds is 6. The Hall–Kier alpha value is -2.79. The number of nitrogens with one attached hydrogen (secondary N) is 1. The topological polar surface area (TPSA) is 135 Å². The van der Waals surface area contributed by atoms with E-state index in [1.807, 2.05) is 31.2 Å². The molecule has 4 rings (SSSR count). The molecule has 1 aromatic carbocycles. The molecule has 1 aliphatic rings. The van der Waals surface area contributed by atoms with Crippen LogP contribution in [0.4, 0.5) is 11.5 Å². The van der Waals surface area contributed by atoms with Crippen LogP contribution in [0.1, 0.15) is 20.1 Å². The Morgan fingerprint density at radius 1 is 1.28 bits per heavy atom. The molecule has 0 saturated carbocycles. The summed E-state index contributed by atoms with van der Waals surface area (Å²) in [4.78, 5) is 12.9. The maximum atomic E-state index is 10.7. The first-order valence-corrected chi connectivity index (χ1v) is 9.30. The quantitative estimate of drug-likeness (QED) is 0.476. The van der Waals surface area contributed by atoms with Gasteiger partial charge in [-0.2, -0.15) is 0 Å². The molecule has 0 unspecified atom stereocenters. The van der Waals surface area contributed by atoms with Crippen LogP contribution < -0.4 is 10.1 Å². The highest BCUT2D eigenvalue weighted by atomic mass is 16.6. The van der Waals surface area contributed by atoms with E-state index in [9.17, 15) is 15.3 Å². The molecule has 1 fully saturated rings. The van der Waals surface area contributed by atoms with Gasteiger partial charge in [-0.3, -0.25) is 4.57 Å². The third-order valence-electron chi connectivity index (χ3n) is 4.99. The van der Waals surface area contributed by atoms with E-state index >= 15 is 0 Å². The first-order valence-electron chi connectivity index (χ1n) is 9.30. The molecule has 4 N–H and O–H groups in total. The summed E-state index contributed by atoms with van der Waals surface area (Å²) in [5.74, 6) is 1.13. The molecule has 3 aromatic rings. The molecular weight excluding hydrogens is 378 g/mol. The lowest BCUT2D eigenvalue weighted by Crippen LogP contribution is -2.44. The van der Waals surface area contributed by atoms with Crippen molar-refractivity contribution < 1.29 is 24.8 Å². The van der Waals surface area contributed by atoms with Crippen LogP contribution >= 0.6 is 0 Å². The van der Waals surface area contributed by atoms with Crippen molar-refractivity contribution in [3.8, 4) is 5.75 Å². The molecule has 0 aliphatic carbocycles. The van der Waals surface area contributed by atoms with Gasteiger partial charge in [0.05, 0.1) is 25.2 Å². The van der Waals surface area contributed by atoms with Crippen molar-refractivity contribution in [3.05, 3.63) is 36.9 Å². The van der Waals surface area contributed by atoms with Gasteiger partial charge in [-0.1, -0.05) is 12.1 Å². The van der Waals surface area contributed by atoms with E-state index in [0.29, 0.717) is 29.3 Å². The number of anilines is 2. The van der Waals surface area contributed by atoms with Crippen LogP contribution in [0.15, 0.2) is 36.9 Å². The molecule has 0 radical (unpaired) electrons. The molecule has 29 heavy (non-hydrogen) atoms. The fraction of sp³-hybridized carbons (Fsp3) is 0.421. The molecule has 1 saturated heterocycles. The van der Waals surface area contributed by atoms with Gasteiger partial charge >= 0.3 is 0 Å². The summed E-state index contributed by atoms with van der Waals surface area (Å²) in [6.07, 6.45) is -0.309. The van der Waals surface area contributed by atoms with Gasteiger partial charge in [0.15, 0.2) is 23.2 Å². The molecule has 0 amide bonds. The van der Waals surface area contributed by atoms with Crippen molar-refractivity contribution in [2.75, 3.05) is 18.5 Å². The fourth-order valence-corrected chi connectivity index (χ4v) is 3.48. The van der Waals surface area contributed by atoms with Crippen molar-refractivity contribution >= 4 is 22.7 Å². The highest BCUT2D eigenvalue weighted by molar-refractivity contribution is 5.86. The van der Waals surface area contributed by atoms with E-state index in [1.165, 1.54) is 24.1 Å². The van der Waals surface area contributed by atoms with Gasteiger partial charge in [-0.15, -0.1) is 0 Å². The lowest BCUT2D eigenvalue weighted by atomic mass is 9.96. The van der Waals surface area contributed by atoms with Crippen molar-refractivity contribution in [2.24, 2.45) is 0 Å². The number of para-hydroxylation sites is 2. The maximum absolute atomic E-state index is 10.7. The van der Waals surface area contributed by atoms with Crippen LogP contribution in [0.5, 0.6) is 5.75 Å². The van der Waals surface area contributed by atoms with Crippen molar-refractivity contribution in [1.82, 2.24) is 19.5 Å². The monoisotopic (exact) mass is 401 g/mol. The molecule has 10 nitrogen and oxygen atoms in total. The third kappa shape index (κ3) is 3.29. The zero-order chi connectivity index (χ0) is 20.6. The minimum Gasteiger partial charge on any atom is -0.492 e. The Kier molecular flexibility index (Phi) is 5.09. The largest absolute Gasteiger partial charge is 0.492 e. The number of nitrogens with zero attached hydrogens (tertiary/aromatic N) is 4. The molecular formula is C19H23N5O5. The number of imidazole rings is 1. The number of hydrogen-bond donors (Lipinski definition) is 4. The van der Waals surface area contributed by atoms with Gasteiger partial charge in [-0.25, -0.2) is 15.0 Å². The van der Waals surface area contributed by atoms with Gasteiger partial charge in [0.1, 0.15) is 29.9 Å². The number of ether oxygens (including phenoxy) is 2. The summed E-state index contributed by atoms with van der Waals surface area (Å²) in [7, 11) is 0. The summed E-state index contributed by atoms with van der Waals surface area (Å²) < 4.78 is 12.8. The molecule has 1 aliphatic heterocycles. The second-order valence-corrected chi connectivity index (χ2v) is 6.98. The number of benzene rings is 1. The van der Waals surface area contributed by atoms with Crippen molar-refractivity contribution in [3.63, 3.8) is 0 Å². The Labute approximate surface area is 166 Å². The average Bonchev–Trinajstić information content (AvgIpc) is 3.23. The summed E-state index contributed by atoms with van der Waals surface area (Å²) in [6.45, 7) is 3.46. The molecule has 3 heterocycles. The molecule has 154 valence electrons. The molecule has 0 bridgehead atoms. The fourth-order valence-electron chi connectivity index (χ4n) is 3.48. The van der Waals surface area contributed by atoms with E-state index in [0.717, 1.165) is 5.69 Å². The summed E-state index contributed by atoms with van der Waals surface area (Å²) in [5.41, 5.74) is -0.0439. The Morgan fingerprint density at radius 2 is 2.07 bits per heavy atom. The summed E-state index contributed by atoms with van der Waals surface area (Å²) >= 11 is 0. The van der Waals surface area contributed by atoms with Gasteiger partial charge in [0, 0.05) is 0 Å². The Balaban J connectivity index is 1.72. The van der Waals surface area contributed by atoms with Crippen LogP contribution in [0.2, 0.25) is 0 Å². The SMILES string of the molecule is CCOc1ccccc1Nc1ncnc2c1ncn2[C@@H]1O[C@H](CO)[C@@H](O)[C@@]1(C)O. The highest BCUT2D eigenvalue weighted by Gasteiger charge is 2.53. The van der Waals surface area contributed by atoms with Gasteiger partial charge in [0.2, 0.25) is 0 Å². The van der Waals surface area contributed by atoms with E-state index in [1.54, 1.807) is 0 Å². The van der Waals surface area contributed by atoms with E-state index in [-0.39, 0.29) is 0 Å². The summed E-state index contributed by atoms with van der Waals surface area (Å²) in [6, 6.07) is 7.47. The van der Waals surface area contributed by atoms with E-state index < -0.39 is 30.6 Å². The summed E-state index contributed by atoms with van der Waals surface area (Å²) in [5, 5.41) is 33.6. The van der Waals surface area contributed by atoms with Crippen molar-refractivity contribution in [2.45, 2.75) is 37.9 Å². The first kappa shape index (κ1) is 19.5. The minimum atomic E-state index is -1.64. The molecule has 0 spiro atoms. The van der Waals surface area contributed by atoms with Crippen LogP contribution in [-0.4, -0.2) is 65.9 Å². The van der Waals surface area contributed by atoms with Crippen LogP contribution in [0.25, 0.3) is 11.2 Å². The lowest BCUT2D eigenvalue weighted by Gasteiger charge is -2.27. The second kappa shape index (κ2) is 7.56. The van der Waals surface area contributed by atoms with E-state index in [2.05, 4.69) is 20.3 Å². The lowest BCUT2D eigenvalue weighted by molar-refractivity contribution is -0.0950. The zero-order valence-electron chi connectivity index (χ0n) is 16.1. The number of aliphatic hydroxyl groups excluding tert-OH is 2. The number of fused-ring (bicyclic) bond motifs is 1. The number of aromatic nitrogens is 4. The first-order chi connectivity index (χ1) is 14.0. The average molecular weight is 401 g/mol. The maximum Gasteiger partial charge on any atom is 0.168 e. The van der Waals surface area contributed by atoms with Crippen LogP contribution in [-0.2, 0) is 4.74 Å². The number of aliphatic hydroxyl groups is 3. The third-order valence-corrected chi connectivity index (χ3v) is 4.99. The van der Waals surface area contributed by atoms with Gasteiger partial charge < -0.3 is 30.1 Å². The van der Waals surface area contributed by atoms with Crippen LogP contribution in [0.3, 0.4) is 0 Å². The zero-order valence-corrected chi connectivity index (χ0v) is 16.1. The van der Waals surface area contributed by atoms with Gasteiger partial charge in [-0.05, 0) is 26.0 Å². The minimum absolute atomic E-state index is 0.410. The van der Waals surface area contributed by atoms with Crippen molar-refractivity contribution in [1.29, 1.82) is 0 Å². The van der Waals surface area contributed by atoms with Crippen LogP contribution in [0, 0.1) is 0 Å².